The molecule has 2 heteroatoms. The van der Waals surface area contributed by atoms with Gasteiger partial charge < -0.3 is 5.32 Å². The minimum Gasteiger partial charge on any atom is -0.316 e. The minimum atomic E-state index is 0.725. The summed E-state index contributed by atoms with van der Waals surface area (Å²) < 4.78 is 0. The summed E-state index contributed by atoms with van der Waals surface area (Å²) >= 11 is 2.03. The first kappa shape index (κ1) is 14.5. The van der Waals surface area contributed by atoms with Crippen molar-refractivity contribution in [1.29, 1.82) is 0 Å². The van der Waals surface area contributed by atoms with E-state index >= 15 is 0 Å². The van der Waals surface area contributed by atoms with Gasteiger partial charge in [0.2, 0.25) is 0 Å². The molecule has 110 valence electrons. The Morgan fingerprint density at radius 2 is 1.80 bits per heavy atom. The Kier molecular flexibility index (Phi) is 5.06. The average molecular weight is 289 g/mol. The maximum atomic E-state index is 3.76. The van der Waals surface area contributed by atoms with Crippen molar-refractivity contribution >= 4 is 11.8 Å². The van der Waals surface area contributed by atoms with Gasteiger partial charge in [-0.15, -0.1) is 11.8 Å². The molecule has 1 aliphatic carbocycles. The van der Waals surface area contributed by atoms with E-state index in [9.17, 15) is 0 Å². The summed E-state index contributed by atoms with van der Waals surface area (Å²) in [6, 6.07) is 8.93. The van der Waals surface area contributed by atoms with Gasteiger partial charge in [-0.2, -0.15) is 0 Å². The summed E-state index contributed by atoms with van der Waals surface area (Å²) in [5.74, 6) is 3.93. The fourth-order valence-corrected chi connectivity index (χ4v) is 4.96. The number of benzene rings is 1. The zero-order chi connectivity index (χ0) is 13.8. The van der Waals surface area contributed by atoms with Crippen molar-refractivity contribution in [2.45, 2.75) is 49.8 Å². The van der Waals surface area contributed by atoms with Gasteiger partial charge in [-0.3, -0.25) is 0 Å². The molecule has 0 saturated heterocycles. The number of hydrogen-bond donors (Lipinski definition) is 1. The molecule has 1 aromatic carbocycles. The van der Waals surface area contributed by atoms with Crippen LogP contribution in [0.1, 0.15) is 50.5 Å². The lowest BCUT2D eigenvalue weighted by Gasteiger charge is -2.28. The fraction of sp³-hybridized carbons (Fsp3) is 0.667. The normalized spacial score (nSPS) is 29.4. The Balaban J connectivity index is 1.41. The second-order valence-corrected chi connectivity index (χ2v) is 7.56. The molecule has 20 heavy (non-hydrogen) atoms. The summed E-state index contributed by atoms with van der Waals surface area (Å²) in [5, 5.41) is 3.76. The van der Waals surface area contributed by atoms with Gasteiger partial charge in [0.25, 0.3) is 0 Å². The van der Waals surface area contributed by atoms with Gasteiger partial charge in [0.05, 0.1) is 0 Å². The highest BCUT2D eigenvalue weighted by molar-refractivity contribution is 7.99. The first-order valence-electron chi connectivity index (χ1n) is 8.29. The van der Waals surface area contributed by atoms with E-state index in [1.807, 2.05) is 11.8 Å². The second-order valence-electron chi connectivity index (χ2n) is 6.50. The third kappa shape index (κ3) is 3.40. The summed E-state index contributed by atoms with van der Waals surface area (Å²) in [5.41, 5.74) is 1.57. The Bertz CT molecular complexity index is 423. The van der Waals surface area contributed by atoms with Gasteiger partial charge in [0.15, 0.2) is 0 Å². The van der Waals surface area contributed by atoms with Crippen molar-refractivity contribution in [3.63, 3.8) is 0 Å². The van der Waals surface area contributed by atoms with Crippen LogP contribution in [0.4, 0.5) is 0 Å². The lowest BCUT2D eigenvalue weighted by atomic mass is 9.81. The first-order valence-corrected chi connectivity index (χ1v) is 9.27. The van der Waals surface area contributed by atoms with E-state index in [1.54, 1.807) is 5.56 Å². The van der Waals surface area contributed by atoms with Crippen LogP contribution in [0.5, 0.6) is 0 Å². The zero-order valence-electron chi connectivity index (χ0n) is 12.6. The van der Waals surface area contributed by atoms with Gasteiger partial charge in [0, 0.05) is 23.1 Å². The Morgan fingerprint density at radius 3 is 2.60 bits per heavy atom. The molecule has 2 aliphatic rings. The van der Waals surface area contributed by atoms with Gasteiger partial charge in [-0.25, -0.2) is 0 Å². The van der Waals surface area contributed by atoms with Crippen molar-refractivity contribution in [2.24, 2.45) is 11.8 Å². The number of hydrogen-bond acceptors (Lipinski definition) is 2. The van der Waals surface area contributed by atoms with Crippen LogP contribution in [-0.2, 0) is 0 Å². The topological polar surface area (TPSA) is 12.0 Å². The monoisotopic (exact) mass is 289 g/mol. The molecular weight excluding hydrogens is 262 g/mol. The molecule has 0 amide bonds. The summed E-state index contributed by atoms with van der Waals surface area (Å²) in [7, 11) is 0. The molecule has 1 atom stereocenters. The largest absolute Gasteiger partial charge is 0.316 e. The van der Waals surface area contributed by atoms with Crippen LogP contribution in [0.3, 0.4) is 0 Å². The highest BCUT2D eigenvalue weighted by Gasteiger charge is 2.23. The maximum Gasteiger partial charge on any atom is 0.0108 e. The van der Waals surface area contributed by atoms with E-state index < -0.39 is 0 Å². The quantitative estimate of drug-likeness (QED) is 0.844. The molecule has 1 aromatic rings. The summed E-state index contributed by atoms with van der Waals surface area (Å²) in [6.45, 7) is 4.75. The van der Waals surface area contributed by atoms with Gasteiger partial charge in [-0.1, -0.05) is 44.4 Å². The van der Waals surface area contributed by atoms with Crippen molar-refractivity contribution in [2.75, 3.05) is 18.8 Å². The highest BCUT2D eigenvalue weighted by Crippen LogP contribution is 2.38. The lowest BCUT2D eigenvalue weighted by Crippen LogP contribution is -2.29. The standard InChI is InChI=1S/C18H27NS/c1-2-14-7-9-15(10-8-14)11-19-12-16-13-20-18-6-4-3-5-17(16)18/h3-6,14-16,19H,2,7-13H2,1H3. The predicted molar refractivity (Wildman–Crippen MR) is 88.5 cm³/mol. The summed E-state index contributed by atoms with van der Waals surface area (Å²) in [4.78, 5) is 1.50. The van der Waals surface area contributed by atoms with Crippen LogP contribution >= 0.6 is 11.8 Å². The van der Waals surface area contributed by atoms with Crippen LogP contribution in [0.25, 0.3) is 0 Å². The van der Waals surface area contributed by atoms with E-state index in [4.69, 9.17) is 0 Å². The van der Waals surface area contributed by atoms with Crippen molar-refractivity contribution in [1.82, 2.24) is 5.32 Å². The van der Waals surface area contributed by atoms with E-state index in [2.05, 4.69) is 36.5 Å². The van der Waals surface area contributed by atoms with Crippen LogP contribution in [0.15, 0.2) is 29.2 Å². The molecule has 0 bridgehead atoms. The molecule has 1 N–H and O–H groups in total. The van der Waals surface area contributed by atoms with E-state index in [1.165, 1.54) is 49.3 Å². The van der Waals surface area contributed by atoms with Crippen LogP contribution in [-0.4, -0.2) is 18.8 Å². The number of thioether (sulfide) groups is 1. The summed E-state index contributed by atoms with van der Waals surface area (Å²) in [6.07, 6.45) is 7.20. The van der Waals surface area contributed by atoms with Crippen LogP contribution in [0.2, 0.25) is 0 Å². The lowest BCUT2D eigenvalue weighted by molar-refractivity contribution is 0.262. The van der Waals surface area contributed by atoms with Gasteiger partial charge in [-0.05, 0) is 42.9 Å². The van der Waals surface area contributed by atoms with E-state index in [-0.39, 0.29) is 0 Å². The number of nitrogens with one attached hydrogen (secondary N) is 1. The van der Waals surface area contributed by atoms with Crippen LogP contribution in [0, 0.1) is 11.8 Å². The molecule has 3 rings (SSSR count). The van der Waals surface area contributed by atoms with Crippen molar-refractivity contribution in [3.8, 4) is 0 Å². The van der Waals surface area contributed by atoms with Crippen LogP contribution < -0.4 is 5.32 Å². The first-order chi connectivity index (χ1) is 9.86. The molecule has 1 fully saturated rings. The average Bonchev–Trinajstić information content (AvgIpc) is 2.92. The molecule has 0 radical (unpaired) electrons. The highest BCUT2D eigenvalue weighted by atomic mass is 32.2. The van der Waals surface area contributed by atoms with E-state index in [0.29, 0.717) is 0 Å². The zero-order valence-corrected chi connectivity index (χ0v) is 13.4. The Hall–Kier alpha value is -0.470. The molecule has 0 spiro atoms. The Labute approximate surface area is 127 Å². The molecular formula is C18H27NS. The fourth-order valence-electron chi connectivity index (χ4n) is 3.70. The second kappa shape index (κ2) is 7.00. The SMILES string of the molecule is CCC1CCC(CNCC2CSc3ccccc32)CC1. The van der Waals surface area contributed by atoms with Crippen molar-refractivity contribution in [3.05, 3.63) is 29.8 Å². The maximum absolute atomic E-state index is 3.76. The molecule has 1 nitrogen and oxygen atoms in total. The third-order valence-electron chi connectivity index (χ3n) is 5.17. The molecule has 1 saturated carbocycles. The predicted octanol–water partition coefficient (Wildman–Crippen LogP) is 4.68. The van der Waals surface area contributed by atoms with Crippen molar-refractivity contribution < 1.29 is 0 Å². The molecule has 1 unspecified atom stereocenters. The van der Waals surface area contributed by atoms with Gasteiger partial charge in [0.1, 0.15) is 0 Å². The third-order valence-corrected chi connectivity index (χ3v) is 6.42. The number of fused-ring (bicyclic) bond motifs is 1. The smallest absolute Gasteiger partial charge is 0.0108 e. The van der Waals surface area contributed by atoms with E-state index in [0.717, 1.165) is 24.3 Å². The van der Waals surface area contributed by atoms with Gasteiger partial charge >= 0.3 is 0 Å². The molecule has 1 aliphatic heterocycles. The molecule has 0 aromatic heterocycles. The Morgan fingerprint density at radius 1 is 1.05 bits per heavy atom. The minimum absolute atomic E-state index is 0.725. The number of rotatable bonds is 5. The molecule has 1 heterocycles.